The van der Waals surface area contributed by atoms with Crippen molar-refractivity contribution >= 4 is 22.8 Å². The molecule has 54 heavy (non-hydrogen) atoms. The van der Waals surface area contributed by atoms with Gasteiger partial charge in [-0.1, -0.05) is 91.0 Å². The number of benzene rings is 6. The zero-order chi connectivity index (χ0) is 36.7. The number of imidazole rings is 1. The summed E-state index contributed by atoms with van der Waals surface area (Å²) in [5, 5.41) is 15.5. The first kappa shape index (κ1) is 34.8. The molecule has 0 bridgehead atoms. The van der Waals surface area contributed by atoms with E-state index >= 15 is 0 Å². The van der Waals surface area contributed by atoms with Gasteiger partial charge in [-0.05, 0) is 88.5 Å². The molecule has 0 spiro atoms. The van der Waals surface area contributed by atoms with Crippen molar-refractivity contribution in [3.05, 3.63) is 180 Å². The van der Waals surface area contributed by atoms with E-state index in [1.807, 2.05) is 128 Å². The van der Waals surface area contributed by atoms with Crippen LogP contribution in [0.2, 0.25) is 0 Å². The van der Waals surface area contributed by atoms with Gasteiger partial charge in [-0.2, -0.15) is 0 Å². The summed E-state index contributed by atoms with van der Waals surface area (Å²) in [6.45, 7) is 0.971. The number of nitrogens with zero attached hydrogens (tertiary/aromatic N) is 2. The van der Waals surface area contributed by atoms with E-state index in [9.17, 15) is 9.90 Å². The van der Waals surface area contributed by atoms with Gasteiger partial charge in [-0.15, -0.1) is 0 Å². The number of anilines is 1. The first-order valence-corrected chi connectivity index (χ1v) is 18.0. The number of hydrogen-bond acceptors (Lipinski definition) is 6. The molecule has 1 saturated heterocycles. The molecule has 1 aromatic heterocycles. The number of aliphatic hydroxyl groups is 1. The number of aliphatic hydroxyl groups excluding tert-OH is 1. The highest BCUT2D eigenvalue weighted by molar-refractivity contribution is 5.89. The lowest BCUT2D eigenvalue weighted by Gasteiger charge is -2.36. The minimum atomic E-state index is -0.603. The van der Waals surface area contributed by atoms with Gasteiger partial charge in [0.05, 0.1) is 42.7 Å². The van der Waals surface area contributed by atoms with Gasteiger partial charge >= 0.3 is 6.03 Å². The highest BCUT2D eigenvalue weighted by atomic mass is 16.7. The zero-order valence-corrected chi connectivity index (χ0v) is 29.5. The molecule has 2 heterocycles. The third-order valence-electron chi connectivity index (χ3n) is 9.51. The first-order chi connectivity index (χ1) is 26.6. The van der Waals surface area contributed by atoms with Crippen LogP contribution in [-0.2, 0) is 29.2 Å². The van der Waals surface area contributed by atoms with Crippen LogP contribution in [0.25, 0.3) is 22.2 Å². The Hall–Kier alpha value is -6.26. The lowest BCUT2D eigenvalue weighted by molar-refractivity contribution is -0.252. The average molecular weight is 717 g/mol. The summed E-state index contributed by atoms with van der Waals surface area (Å²) in [6, 6.07) is 48.9. The van der Waals surface area contributed by atoms with Crippen molar-refractivity contribution < 1.29 is 24.1 Å². The number of hydrogen-bond donors (Lipinski definition) is 3. The number of aromatic nitrogens is 2. The number of amides is 2. The van der Waals surface area contributed by atoms with Crippen LogP contribution in [-0.4, -0.2) is 26.8 Å². The molecular formula is C45H40N4O5. The minimum absolute atomic E-state index is 0.00833. The van der Waals surface area contributed by atoms with E-state index in [1.54, 1.807) is 0 Å². The lowest BCUT2D eigenvalue weighted by atomic mass is 9.98. The molecule has 0 aliphatic carbocycles. The number of nitrogens with one attached hydrogen (secondary N) is 2. The Morgan fingerprint density at radius 1 is 0.741 bits per heavy atom. The monoisotopic (exact) mass is 716 g/mol. The Morgan fingerprint density at radius 3 is 2.30 bits per heavy atom. The Balaban J connectivity index is 0.945. The Morgan fingerprint density at radius 2 is 1.48 bits per heavy atom. The molecule has 0 saturated carbocycles. The number of ether oxygens (including phenoxy) is 3. The van der Waals surface area contributed by atoms with Gasteiger partial charge < -0.3 is 34.5 Å². The predicted octanol–water partition coefficient (Wildman–Crippen LogP) is 9.56. The molecule has 1 fully saturated rings. The minimum Gasteiger partial charge on any atom is -0.457 e. The van der Waals surface area contributed by atoms with Crippen molar-refractivity contribution in [1.82, 2.24) is 14.9 Å². The number of urea groups is 1. The molecule has 1 aliphatic rings. The van der Waals surface area contributed by atoms with Gasteiger partial charge in [0.25, 0.3) is 0 Å². The predicted molar refractivity (Wildman–Crippen MR) is 209 cm³/mol. The standard InChI is InChI=1S/C45H40N4O5/c50-29-31-16-18-33(19-17-31)43-26-40(28-49-30-47-41-14-4-5-15-42(41)49)53-44(54-43)36-11-7-10-35(25-36)34-9-6-8-32(24-34)27-46-45(51)48-37-20-22-39(23-21-37)52-38-12-2-1-3-13-38/h1-25,30,40,43-44,50H,26-29H2,(H2,46,48,51)/t40-,43+,44+/m0/s1. The molecule has 3 N–H and O–H groups in total. The van der Waals surface area contributed by atoms with Crippen LogP contribution >= 0.6 is 0 Å². The van der Waals surface area contributed by atoms with Gasteiger partial charge in [0.15, 0.2) is 6.29 Å². The lowest BCUT2D eigenvalue weighted by Crippen LogP contribution is -2.32. The summed E-state index contributed by atoms with van der Waals surface area (Å²) in [5.41, 5.74) is 8.46. The highest BCUT2D eigenvalue weighted by Gasteiger charge is 2.33. The van der Waals surface area contributed by atoms with Crippen molar-refractivity contribution in [3.63, 3.8) is 0 Å². The van der Waals surface area contributed by atoms with E-state index in [4.69, 9.17) is 14.2 Å². The number of carbonyl (C=O) groups excluding carboxylic acids is 1. The van der Waals surface area contributed by atoms with E-state index in [0.29, 0.717) is 30.9 Å². The summed E-state index contributed by atoms with van der Waals surface area (Å²) in [4.78, 5) is 17.4. The number of para-hydroxylation sites is 3. The summed E-state index contributed by atoms with van der Waals surface area (Å²) in [7, 11) is 0. The van der Waals surface area contributed by atoms with Gasteiger partial charge in [0.2, 0.25) is 0 Å². The quantitative estimate of drug-likeness (QED) is 0.123. The first-order valence-electron chi connectivity index (χ1n) is 18.0. The average Bonchev–Trinajstić information content (AvgIpc) is 3.63. The van der Waals surface area contributed by atoms with E-state index in [-0.39, 0.29) is 24.8 Å². The maximum absolute atomic E-state index is 12.8. The van der Waals surface area contributed by atoms with E-state index in [0.717, 1.165) is 50.2 Å². The molecule has 9 nitrogen and oxygen atoms in total. The van der Waals surface area contributed by atoms with Crippen molar-refractivity contribution in [1.29, 1.82) is 0 Å². The van der Waals surface area contributed by atoms with Crippen LogP contribution in [0.5, 0.6) is 11.5 Å². The molecule has 8 rings (SSSR count). The molecule has 9 heteroatoms. The second-order valence-corrected chi connectivity index (χ2v) is 13.3. The van der Waals surface area contributed by atoms with Crippen LogP contribution in [0, 0.1) is 0 Å². The third kappa shape index (κ3) is 8.35. The number of carbonyl (C=O) groups is 1. The van der Waals surface area contributed by atoms with Gasteiger partial charge in [0, 0.05) is 24.2 Å². The molecule has 2 amide bonds. The zero-order valence-electron chi connectivity index (χ0n) is 29.5. The van der Waals surface area contributed by atoms with Gasteiger partial charge in [-0.25, -0.2) is 9.78 Å². The summed E-state index contributed by atoms with van der Waals surface area (Å²) in [6.07, 6.45) is 1.58. The van der Waals surface area contributed by atoms with Gasteiger partial charge in [0.1, 0.15) is 11.5 Å². The summed E-state index contributed by atoms with van der Waals surface area (Å²) < 4.78 is 21.3. The number of rotatable bonds is 11. The normalized spacial score (nSPS) is 16.9. The van der Waals surface area contributed by atoms with E-state index < -0.39 is 6.29 Å². The van der Waals surface area contributed by atoms with Crippen molar-refractivity contribution in [2.45, 2.75) is 44.6 Å². The van der Waals surface area contributed by atoms with Gasteiger partial charge in [-0.3, -0.25) is 0 Å². The molecule has 7 aromatic rings. The molecule has 6 aromatic carbocycles. The van der Waals surface area contributed by atoms with E-state index in [2.05, 4.69) is 50.5 Å². The fourth-order valence-electron chi connectivity index (χ4n) is 6.72. The molecule has 0 unspecified atom stereocenters. The van der Waals surface area contributed by atoms with Crippen LogP contribution in [0.1, 0.15) is 41.1 Å². The Kier molecular flexibility index (Phi) is 10.4. The van der Waals surface area contributed by atoms with Crippen LogP contribution in [0.4, 0.5) is 10.5 Å². The van der Waals surface area contributed by atoms with E-state index in [1.165, 1.54) is 0 Å². The maximum atomic E-state index is 12.8. The molecule has 3 atom stereocenters. The smallest absolute Gasteiger partial charge is 0.319 e. The van der Waals surface area contributed by atoms with Crippen LogP contribution in [0.3, 0.4) is 0 Å². The molecular weight excluding hydrogens is 677 g/mol. The Bertz CT molecular complexity index is 2330. The molecule has 1 aliphatic heterocycles. The number of fused-ring (bicyclic) bond motifs is 1. The molecule has 0 radical (unpaired) electrons. The van der Waals surface area contributed by atoms with Crippen LogP contribution < -0.4 is 15.4 Å². The van der Waals surface area contributed by atoms with Crippen molar-refractivity contribution in [2.24, 2.45) is 0 Å². The topological polar surface area (TPSA) is 107 Å². The largest absolute Gasteiger partial charge is 0.457 e. The highest BCUT2D eigenvalue weighted by Crippen LogP contribution is 2.39. The SMILES string of the molecule is O=C(NCc1cccc(-c2cccc([C@@H]3O[C@H](Cn4cnc5ccccc54)C[C@H](c4ccc(CO)cc4)O3)c2)c1)Nc1ccc(Oc2ccccc2)cc1. The van der Waals surface area contributed by atoms with Crippen LogP contribution in [0.15, 0.2) is 158 Å². The summed E-state index contributed by atoms with van der Waals surface area (Å²) in [5.74, 6) is 1.44. The second kappa shape index (κ2) is 16.2. The van der Waals surface area contributed by atoms with Crippen molar-refractivity contribution in [2.75, 3.05) is 5.32 Å². The molecule has 270 valence electrons. The Labute approximate surface area is 313 Å². The fraction of sp³-hybridized carbons (Fsp3) is 0.156. The fourth-order valence-corrected chi connectivity index (χ4v) is 6.72. The van der Waals surface area contributed by atoms with Crippen molar-refractivity contribution in [3.8, 4) is 22.6 Å². The second-order valence-electron chi connectivity index (χ2n) is 13.3. The summed E-state index contributed by atoms with van der Waals surface area (Å²) >= 11 is 0. The maximum Gasteiger partial charge on any atom is 0.319 e. The third-order valence-corrected chi connectivity index (χ3v) is 9.51.